The van der Waals surface area contributed by atoms with Gasteiger partial charge in [-0.25, -0.2) is 0 Å². The van der Waals surface area contributed by atoms with Crippen LogP contribution >= 0.6 is 11.8 Å². The van der Waals surface area contributed by atoms with Crippen molar-refractivity contribution in [3.8, 4) is 12.3 Å². The third kappa shape index (κ3) is 5.08. The van der Waals surface area contributed by atoms with Gasteiger partial charge in [-0.1, -0.05) is 18.1 Å². The topological polar surface area (TPSA) is 29.1 Å². The number of thioether (sulfide) groups is 1. The van der Waals surface area contributed by atoms with Gasteiger partial charge in [0.2, 0.25) is 5.91 Å². The van der Waals surface area contributed by atoms with Crippen molar-refractivity contribution in [3.05, 3.63) is 59.7 Å². The Labute approximate surface area is 136 Å². The Morgan fingerprint density at radius 2 is 1.91 bits per heavy atom. The third-order valence-corrected chi connectivity index (χ3v) is 3.84. The second-order valence-corrected chi connectivity index (χ2v) is 5.64. The highest BCUT2D eigenvalue weighted by Crippen LogP contribution is 2.31. The Bertz CT molecular complexity index is 750. The normalized spacial score (nSPS) is 10.9. The summed E-state index contributed by atoms with van der Waals surface area (Å²) in [4.78, 5) is 12.2. The summed E-state index contributed by atoms with van der Waals surface area (Å²) in [7, 11) is 0. The van der Waals surface area contributed by atoms with Crippen LogP contribution in [0.25, 0.3) is 0 Å². The van der Waals surface area contributed by atoms with Gasteiger partial charge >= 0.3 is 6.18 Å². The van der Waals surface area contributed by atoms with Crippen LogP contribution in [0, 0.1) is 12.3 Å². The minimum atomic E-state index is -4.39. The first-order valence-corrected chi connectivity index (χ1v) is 7.53. The molecule has 0 saturated carbocycles. The van der Waals surface area contributed by atoms with Crippen molar-refractivity contribution < 1.29 is 18.0 Å². The number of alkyl halides is 3. The number of amides is 1. The lowest BCUT2D eigenvalue weighted by Crippen LogP contribution is -2.14. The van der Waals surface area contributed by atoms with Gasteiger partial charge in [0, 0.05) is 16.1 Å². The average molecular weight is 335 g/mol. The Kier molecular flexibility index (Phi) is 5.35. The molecule has 0 saturated heterocycles. The predicted octanol–water partition coefficient (Wildman–Crippen LogP) is 4.42. The molecule has 0 aliphatic heterocycles. The van der Waals surface area contributed by atoms with Crippen molar-refractivity contribution >= 4 is 23.4 Å². The number of carbonyl (C=O) groups excluding carboxylic acids is 1. The molecule has 6 heteroatoms. The second-order valence-electron chi connectivity index (χ2n) is 4.59. The quantitative estimate of drug-likeness (QED) is 0.662. The van der Waals surface area contributed by atoms with Crippen LogP contribution in [0.4, 0.5) is 18.9 Å². The fraction of sp³-hybridized carbons (Fsp3) is 0.118. The van der Waals surface area contributed by atoms with E-state index in [1.807, 2.05) is 0 Å². The molecule has 0 aliphatic carbocycles. The van der Waals surface area contributed by atoms with Crippen LogP contribution < -0.4 is 5.32 Å². The Morgan fingerprint density at radius 3 is 2.61 bits per heavy atom. The first-order valence-electron chi connectivity index (χ1n) is 6.55. The molecule has 0 fully saturated rings. The van der Waals surface area contributed by atoms with Crippen LogP contribution in [0.1, 0.15) is 11.1 Å². The molecule has 1 amide bonds. The molecule has 2 rings (SSSR count). The summed E-state index contributed by atoms with van der Waals surface area (Å²) in [5, 5.41) is 2.65. The highest BCUT2D eigenvalue weighted by molar-refractivity contribution is 8.00. The van der Waals surface area contributed by atoms with Crippen molar-refractivity contribution in [1.82, 2.24) is 0 Å². The first kappa shape index (κ1) is 17.0. The summed E-state index contributed by atoms with van der Waals surface area (Å²) in [5.41, 5.74) is 0.452. The number of halogens is 3. The summed E-state index contributed by atoms with van der Waals surface area (Å²) in [6.07, 6.45) is 0.880. The van der Waals surface area contributed by atoms with Gasteiger partial charge in [0.25, 0.3) is 0 Å². The number of hydrogen-bond donors (Lipinski definition) is 1. The maximum atomic E-state index is 12.6. The monoisotopic (exact) mass is 335 g/mol. The van der Waals surface area contributed by atoms with Gasteiger partial charge in [-0.05, 0) is 36.4 Å². The van der Waals surface area contributed by atoms with Crippen LogP contribution in [0.3, 0.4) is 0 Å². The van der Waals surface area contributed by atoms with E-state index in [4.69, 9.17) is 6.42 Å². The molecule has 0 unspecified atom stereocenters. The van der Waals surface area contributed by atoms with E-state index in [9.17, 15) is 18.0 Å². The number of rotatable bonds is 4. The zero-order valence-corrected chi connectivity index (χ0v) is 12.7. The number of benzene rings is 2. The molecule has 2 nitrogen and oxygen atoms in total. The van der Waals surface area contributed by atoms with E-state index in [1.165, 1.54) is 12.1 Å². The summed E-state index contributed by atoms with van der Waals surface area (Å²) in [6, 6.07) is 11.6. The lowest BCUT2D eigenvalue weighted by atomic mass is 10.2. The van der Waals surface area contributed by atoms with E-state index in [0.29, 0.717) is 16.1 Å². The molecule has 0 aromatic heterocycles. The van der Waals surface area contributed by atoms with Gasteiger partial charge in [-0.15, -0.1) is 18.2 Å². The van der Waals surface area contributed by atoms with E-state index in [0.717, 1.165) is 23.9 Å². The number of carbonyl (C=O) groups is 1. The second kappa shape index (κ2) is 7.25. The molecule has 1 N–H and O–H groups in total. The molecule has 0 heterocycles. The Morgan fingerprint density at radius 1 is 1.17 bits per heavy atom. The predicted molar refractivity (Wildman–Crippen MR) is 85.2 cm³/mol. The van der Waals surface area contributed by atoms with E-state index < -0.39 is 11.7 Å². The largest absolute Gasteiger partial charge is 0.416 e. The standard InChI is InChI=1S/C17H12F3NOS/c1-2-12-5-3-7-14(9-12)21-16(22)11-23-15-8-4-6-13(10-15)17(18,19)20/h1,3-10H,11H2,(H,21,22). The molecule has 0 bridgehead atoms. The molecule has 2 aromatic rings. The zero-order valence-electron chi connectivity index (χ0n) is 11.9. The summed E-state index contributed by atoms with van der Waals surface area (Å²) >= 11 is 1.04. The molecule has 2 aromatic carbocycles. The number of nitrogens with one attached hydrogen (secondary N) is 1. The lowest BCUT2D eigenvalue weighted by molar-refractivity contribution is -0.137. The maximum absolute atomic E-state index is 12.6. The molecule has 0 radical (unpaired) electrons. The highest BCUT2D eigenvalue weighted by atomic mass is 32.2. The van der Waals surface area contributed by atoms with Crippen LogP contribution in [0.5, 0.6) is 0 Å². The van der Waals surface area contributed by atoms with Crippen molar-refractivity contribution in [2.45, 2.75) is 11.1 Å². The molecule has 0 aliphatic rings. The molecular weight excluding hydrogens is 323 g/mol. The molecule has 0 atom stereocenters. The average Bonchev–Trinajstić information content (AvgIpc) is 2.52. The lowest BCUT2D eigenvalue weighted by Gasteiger charge is -2.09. The van der Waals surface area contributed by atoms with Crippen molar-refractivity contribution in [2.75, 3.05) is 11.1 Å². The zero-order chi connectivity index (χ0) is 16.9. The molecule has 0 spiro atoms. The summed E-state index contributed by atoms with van der Waals surface area (Å²) in [6.45, 7) is 0. The van der Waals surface area contributed by atoms with Gasteiger partial charge in [0.15, 0.2) is 0 Å². The van der Waals surface area contributed by atoms with Gasteiger partial charge in [-0.2, -0.15) is 13.2 Å². The van der Waals surface area contributed by atoms with E-state index in [1.54, 1.807) is 24.3 Å². The molecular formula is C17H12F3NOS. The molecule has 23 heavy (non-hydrogen) atoms. The molecule has 118 valence electrons. The van der Waals surface area contributed by atoms with Crippen LogP contribution in [-0.4, -0.2) is 11.7 Å². The minimum absolute atomic E-state index is 0.00158. The van der Waals surface area contributed by atoms with Crippen LogP contribution in [0.15, 0.2) is 53.4 Å². The van der Waals surface area contributed by atoms with Gasteiger partial charge < -0.3 is 5.32 Å². The summed E-state index contributed by atoms with van der Waals surface area (Å²) in [5.74, 6) is 2.14. The highest BCUT2D eigenvalue weighted by Gasteiger charge is 2.30. The number of hydrogen-bond acceptors (Lipinski definition) is 2. The van der Waals surface area contributed by atoms with Gasteiger partial charge in [0.05, 0.1) is 11.3 Å². The van der Waals surface area contributed by atoms with E-state index in [2.05, 4.69) is 11.2 Å². The van der Waals surface area contributed by atoms with Gasteiger partial charge in [-0.3, -0.25) is 4.79 Å². The van der Waals surface area contributed by atoms with E-state index >= 15 is 0 Å². The van der Waals surface area contributed by atoms with Crippen molar-refractivity contribution in [2.24, 2.45) is 0 Å². The van der Waals surface area contributed by atoms with Crippen molar-refractivity contribution in [3.63, 3.8) is 0 Å². The minimum Gasteiger partial charge on any atom is -0.325 e. The number of terminal acetylenes is 1. The smallest absolute Gasteiger partial charge is 0.325 e. The number of anilines is 1. The van der Waals surface area contributed by atoms with E-state index in [-0.39, 0.29) is 11.7 Å². The maximum Gasteiger partial charge on any atom is 0.416 e. The van der Waals surface area contributed by atoms with Gasteiger partial charge in [0.1, 0.15) is 0 Å². The summed E-state index contributed by atoms with van der Waals surface area (Å²) < 4.78 is 37.9. The third-order valence-electron chi connectivity index (χ3n) is 2.84. The van der Waals surface area contributed by atoms with Crippen molar-refractivity contribution in [1.29, 1.82) is 0 Å². The first-order chi connectivity index (χ1) is 10.9. The fourth-order valence-electron chi connectivity index (χ4n) is 1.79. The fourth-order valence-corrected chi connectivity index (χ4v) is 2.55. The Hall–Kier alpha value is -2.39. The van der Waals surface area contributed by atoms with Crippen LogP contribution in [-0.2, 0) is 11.0 Å². The Balaban J connectivity index is 1.95. The van der Waals surface area contributed by atoms with Crippen LogP contribution in [0.2, 0.25) is 0 Å². The SMILES string of the molecule is C#Cc1cccc(NC(=O)CSc2cccc(C(F)(F)F)c2)c1.